The lowest BCUT2D eigenvalue weighted by atomic mass is 9.92. The lowest BCUT2D eigenvalue weighted by molar-refractivity contribution is -0.137. The molecule has 0 unspecified atom stereocenters. The molecule has 5 nitrogen and oxygen atoms in total. The molecule has 0 saturated carbocycles. The van der Waals surface area contributed by atoms with Gasteiger partial charge in [-0.15, -0.1) is 0 Å². The number of carbonyl (C=O) groups is 2. The molecule has 2 aromatic rings. The summed E-state index contributed by atoms with van der Waals surface area (Å²) in [5.74, 6) is -1.51. The highest BCUT2D eigenvalue weighted by Crippen LogP contribution is 2.35. The number of aromatic nitrogens is 1. The van der Waals surface area contributed by atoms with E-state index in [1.165, 1.54) is 12.1 Å². The van der Waals surface area contributed by atoms with Crippen LogP contribution in [0.2, 0.25) is 0 Å². The number of alkyl halides is 3. The predicted octanol–water partition coefficient (Wildman–Crippen LogP) is 3.96. The summed E-state index contributed by atoms with van der Waals surface area (Å²) in [4.78, 5) is 28.6. The maximum absolute atomic E-state index is 12.8. The summed E-state index contributed by atoms with van der Waals surface area (Å²) in [6.07, 6.45) is -4.50. The minimum absolute atomic E-state index is 0.00161. The zero-order valence-electron chi connectivity index (χ0n) is 14.5. The average Bonchev–Trinajstić information content (AvgIpc) is 2.59. The van der Waals surface area contributed by atoms with Crippen molar-refractivity contribution < 1.29 is 32.2 Å². The van der Waals surface area contributed by atoms with E-state index in [1.54, 1.807) is 13.8 Å². The fourth-order valence-electron chi connectivity index (χ4n) is 2.67. The fourth-order valence-corrected chi connectivity index (χ4v) is 2.67. The molecule has 0 saturated heterocycles. The Bertz CT molecular complexity index is 818. The third kappa shape index (κ3) is 3.54. The molecule has 138 valence electrons. The Morgan fingerprint density at radius 3 is 1.65 bits per heavy atom. The van der Waals surface area contributed by atoms with Gasteiger partial charge in [0.1, 0.15) is 0 Å². The summed E-state index contributed by atoms with van der Waals surface area (Å²) in [6, 6.07) is 4.14. The number of methoxy groups -OCH3 is 2. The molecule has 1 heterocycles. The van der Waals surface area contributed by atoms with Crippen molar-refractivity contribution in [1.82, 2.24) is 4.98 Å². The second kappa shape index (κ2) is 7.15. The third-order valence-electron chi connectivity index (χ3n) is 3.84. The Kier molecular flexibility index (Phi) is 5.34. The van der Waals surface area contributed by atoms with Crippen molar-refractivity contribution in [2.45, 2.75) is 20.0 Å². The third-order valence-corrected chi connectivity index (χ3v) is 3.84. The van der Waals surface area contributed by atoms with E-state index >= 15 is 0 Å². The molecule has 0 spiro atoms. The minimum atomic E-state index is -4.50. The van der Waals surface area contributed by atoms with Crippen LogP contribution in [-0.2, 0) is 15.7 Å². The van der Waals surface area contributed by atoms with E-state index in [2.05, 4.69) is 4.98 Å². The van der Waals surface area contributed by atoms with Crippen molar-refractivity contribution in [2.24, 2.45) is 0 Å². The topological polar surface area (TPSA) is 65.5 Å². The molecule has 8 heteroatoms. The van der Waals surface area contributed by atoms with Crippen LogP contribution in [0.1, 0.15) is 37.7 Å². The maximum Gasteiger partial charge on any atom is 0.416 e. The van der Waals surface area contributed by atoms with Gasteiger partial charge in [0, 0.05) is 5.56 Å². The number of ether oxygens (including phenoxy) is 2. The van der Waals surface area contributed by atoms with E-state index in [0.717, 1.165) is 26.4 Å². The van der Waals surface area contributed by atoms with Crippen LogP contribution in [0.15, 0.2) is 24.3 Å². The van der Waals surface area contributed by atoms with Gasteiger partial charge in [0.25, 0.3) is 0 Å². The molecule has 0 atom stereocenters. The van der Waals surface area contributed by atoms with Crippen molar-refractivity contribution in [3.63, 3.8) is 0 Å². The van der Waals surface area contributed by atoms with Crippen LogP contribution in [0.3, 0.4) is 0 Å². The molecule has 0 N–H and O–H groups in total. The van der Waals surface area contributed by atoms with E-state index < -0.39 is 23.7 Å². The minimum Gasteiger partial charge on any atom is -0.465 e. The van der Waals surface area contributed by atoms with Crippen molar-refractivity contribution >= 4 is 11.9 Å². The number of aryl methyl sites for hydroxylation is 2. The Morgan fingerprint density at radius 1 is 0.885 bits per heavy atom. The number of halogens is 3. The Labute approximate surface area is 147 Å². The molecule has 0 aliphatic heterocycles. The molecule has 0 fully saturated rings. The van der Waals surface area contributed by atoms with Crippen LogP contribution in [-0.4, -0.2) is 31.1 Å². The average molecular weight is 367 g/mol. The van der Waals surface area contributed by atoms with Crippen LogP contribution in [0.4, 0.5) is 13.2 Å². The summed E-state index contributed by atoms with van der Waals surface area (Å²) in [5, 5.41) is 0. The van der Waals surface area contributed by atoms with Crippen LogP contribution in [0.25, 0.3) is 11.1 Å². The Balaban J connectivity index is 2.83. The van der Waals surface area contributed by atoms with Gasteiger partial charge in [-0.05, 0) is 31.5 Å². The largest absolute Gasteiger partial charge is 0.465 e. The molecule has 0 amide bonds. The number of benzene rings is 1. The van der Waals surface area contributed by atoms with Gasteiger partial charge in [-0.1, -0.05) is 12.1 Å². The van der Waals surface area contributed by atoms with Crippen molar-refractivity contribution in [3.8, 4) is 11.1 Å². The predicted molar refractivity (Wildman–Crippen MR) is 86.8 cm³/mol. The first kappa shape index (κ1) is 19.4. The number of carbonyl (C=O) groups excluding carboxylic acids is 2. The van der Waals surface area contributed by atoms with E-state index in [1.807, 2.05) is 0 Å². The molecule has 2 rings (SSSR count). The molecular formula is C18H16F3NO4. The lowest BCUT2D eigenvalue weighted by Gasteiger charge is -2.17. The highest BCUT2D eigenvalue weighted by atomic mass is 19.4. The number of hydrogen-bond donors (Lipinski definition) is 0. The number of hydrogen-bond acceptors (Lipinski definition) is 5. The quantitative estimate of drug-likeness (QED) is 0.769. The summed E-state index contributed by atoms with van der Waals surface area (Å²) >= 11 is 0. The molecule has 1 aromatic carbocycles. The molecule has 1 aromatic heterocycles. The normalized spacial score (nSPS) is 11.2. The number of esters is 2. The van der Waals surface area contributed by atoms with Gasteiger partial charge in [-0.2, -0.15) is 13.2 Å². The van der Waals surface area contributed by atoms with Gasteiger partial charge in [-0.3, -0.25) is 4.98 Å². The van der Waals surface area contributed by atoms with Gasteiger partial charge >= 0.3 is 18.1 Å². The first-order valence-electron chi connectivity index (χ1n) is 7.47. The molecule has 0 radical (unpaired) electrons. The fraction of sp³-hybridized carbons (Fsp3) is 0.278. The summed E-state index contributed by atoms with van der Waals surface area (Å²) in [6.45, 7) is 3.10. The highest BCUT2D eigenvalue weighted by Gasteiger charge is 2.31. The van der Waals surface area contributed by atoms with E-state index in [4.69, 9.17) is 9.47 Å². The van der Waals surface area contributed by atoms with Crippen molar-refractivity contribution in [3.05, 3.63) is 52.3 Å². The van der Waals surface area contributed by atoms with Crippen LogP contribution in [0, 0.1) is 13.8 Å². The van der Waals surface area contributed by atoms with Crippen LogP contribution < -0.4 is 0 Å². The second-order valence-electron chi connectivity index (χ2n) is 5.47. The lowest BCUT2D eigenvalue weighted by Crippen LogP contribution is -2.16. The van der Waals surface area contributed by atoms with Gasteiger partial charge in [0.05, 0.1) is 42.3 Å². The van der Waals surface area contributed by atoms with Crippen molar-refractivity contribution in [1.29, 1.82) is 0 Å². The summed E-state index contributed by atoms with van der Waals surface area (Å²) in [7, 11) is 2.33. The van der Waals surface area contributed by atoms with Gasteiger partial charge in [-0.25, -0.2) is 9.59 Å². The molecule has 26 heavy (non-hydrogen) atoms. The first-order chi connectivity index (χ1) is 12.1. The second-order valence-corrected chi connectivity index (χ2v) is 5.47. The molecule has 0 aliphatic rings. The summed E-state index contributed by atoms with van der Waals surface area (Å²) < 4.78 is 48.0. The maximum atomic E-state index is 12.8. The zero-order chi connectivity index (χ0) is 19.6. The van der Waals surface area contributed by atoms with Gasteiger partial charge < -0.3 is 9.47 Å². The van der Waals surface area contributed by atoms with Crippen LogP contribution >= 0.6 is 0 Å². The zero-order valence-corrected chi connectivity index (χ0v) is 14.5. The first-order valence-corrected chi connectivity index (χ1v) is 7.47. The van der Waals surface area contributed by atoms with Crippen LogP contribution in [0.5, 0.6) is 0 Å². The SMILES string of the molecule is COC(=O)c1c(C)nc(C)c(C(=O)OC)c1-c1ccc(C(F)(F)F)cc1. The van der Waals surface area contributed by atoms with Crippen molar-refractivity contribution in [2.75, 3.05) is 14.2 Å². The highest BCUT2D eigenvalue weighted by molar-refractivity contribution is 6.07. The molecule has 0 bridgehead atoms. The summed E-state index contributed by atoms with van der Waals surface area (Å²) in [5.41, 5.74) is 0.100. The number of pyridine rings is 1. The standard InChI is InChI=1S/C18H16F3NO4/c1-9-13(16(23)25-3)15(14(10(2)22-9)17(24)26-4)11-5-7-12(8-6-11)18(19,20)21/h5-8H,1-4H3. The molecular weight excluding hydrogens is 351 g/mol. The van der Waals surface area contributed by atoms with E-state index in [-0.39, 0.29) is 33.6 Å². The van der Waals surface area contributed by atoms with Gasteiger partial charge in [0.2, 0.25) is 0 Å². The Morgan fingerprint density at radius 2 is 1.31 bits per heavy atom. The molecule has 0 aliphatic carbocycles. The number of nitrogens with zero attached hydrogens (tertiary/aromatic N) is 1. The smallest absolute Gasteiger partial charge is 0.416 e. The number of rotatable bonds is 3. The monoisotopic (exact) mass is 367 g/mol. The van der Waals surface area contributed by atoms with E-state index in [0.29, 0.717) is 0 Å². The Hall–Kier alpha value is -2.90. The van der Waals surface area contributed by atoms with E-state index in [9.17, 15) is 22.8 Å². The van der Waals surface area contributed by atoms with Gasteiger partial charge in [0.15, 0.2) is 0 Å².